The minimum Gasteiger partial charge on any atom is -0.480 e. The fourth-order valence-electron chi connectivity index (χ4n) is 2.50. The molecular weight excluding hydrogens is 304 g/mol. The van der Waals surface area contributed by atoms with Crippen LogP contribution in [0.5, 0.6) is 0 Å². The van der Waals surface area contributed by atoms with E-state index in [0.717, 1.165) is 42.5 Å². The Morgan fingerprint density at radius 1 is 1.29 bits per heavy atom. The lowest BCUT2D eigenvalue weighted by atomic mass is 10.1. The Morgan fingerprint density at radius 3 is 2.71 bits per heavy atom. The number of benzene rings is 1. The number of hydrogen-bond acceptors (Lipinski definition) is 5. The molecule has 0 aliphatic rings. The number of aromatic nitrogens is 2. The van der Waals surface area contributed by atoms with Gasteiger partial charge in [0.1, 0.15) is 17.7 Å². The summed E-state index contributed by atoms with van der Waals surface area (Å²) in [6.07, 6.45) is 3.13. The zero-order valence-corrected chi connectivity index (χ0v) is 14.6. The van der Waals surface area contributed by atoms with E-state index in [1.54, 1.807) is 0 Å². The number of anilines is 1. The molecule has 0 bridgehead atoms. The number of aliphatic carboxylic acids is 1. The molecule has 0 saturated carbocycles. The molecule has 130 valence electrons. The Labute approximate surface area is 142 Å². The molecule has 2 aromatic rings. The van der Waals surface area contributed by atoms with Gasteiger partial charge in [0.05, 0.1) is 5.52 Å². The zero-order chi connectivity index (χ0) is 17.5. The van der Waals surface area contributed by atoms with Crippen molar-refractivity contribution in [1.29, 1.82) is 0 Å². The fraction of sp³-hybridized carbons (Fsp3) is 0.500. The first kappa shape index (κ1) is 18.1. The van der Waals surface area contributed by atoms with Gasteiger partial charge in [-0.1, -0.05) is 31.9 Å². The van der Waals surface area contributed by atoms with Crippen LogP contribution in [0.15, 0.2) is 24.3 Å². The minimum absolute atomic E-state index is 0.581. The lowest BCUT2D eigenvalue weighted by Gasteiger charge is -2.17. The van der Waals surface area contributed by atoms with Crippen LogP contribution in [0, 0.1) is 0 Å². The van der Waals surface area contributed by atoms with Gasteiger partial charge in [-0.15, -0.1) is 0 Å². The highest BCUT2D eigenvalue weighted by Crippen LogP contribution is 2.22. The molecule has 0 fully saturated rings. The molecule has 0 radical (unpaired) electrons. The summed E-state index contributed by atoms with van der Waals surface area (Å²) in [5.74, 6) is 0.489. The number of likely N-dealkylation sites (N-methyl/N-ethyl adjacent to an activating group) is 1. The molecule has 1 aromatic heterocycles. The standard InChI is InChI=1S/C18H26N4O2/c1-4-5-9-15(18(23)24)20-17-13-8-6-7-10-14(13)19-16(21-17)11-12-22(2)3/h6-8,10,15H,4-5,9,11-12H2,1-3H3,(H,23,24)(H,19,20,21). The summed E-state index contributed by atoms with van der Waals surface area (Å²) in [5, 5.41) is 13.4. The highest BCUT2D eigenvalue weighted by molar-refractivity contribution is 5.90. The maximum Gasteiger partial charge on any atom is 0.326 e. The Kier molecular flexibility index (Phi) is 6.49. The van der Waals surface area contributed by atoms with Crippen molar-refractivity contribution in [2.45, 2.75) is 38.6 Å². The first-order valence-corrected chi connectivity index (χ1v) is 8.41. The van der Waals surface area contributed by atoms with Crippen LogP contribution in [0.1, 0.15) is 32.0 Å². The van der Waals surface area contributed by atoms with Crippen molar-refractivity contribution in [3.63, 3.8) is 0 Å². The van der Waals surface area contributed by atoms with Gasteiger partial charge < -0.3 is 15.3 Å². The molecule has 2 rings (SSSR count). The first-order valence-electron chi connectivity index (χ1n) is 8.41. The van der Waals surface area contributed by atoms with Crippen molar-refractivity contribution in [2.75, 3.05) is 26.0 Å². The van der Waals surface area contributed by atoms with Crippen LogP contribution < -0.4 is 5.32 Å². The molecular formula is C18H26N4O2. The molecule has 6 nitrogen and oxygen atoms in total. The third-order valence-corrected chi connectivity index (χ3v) is 3.89. The van der Waals surface area contributed by atoms with Crippen LogP contribution in [0.2, 0.25) is 0 Å². The van der Waals surface area contributed by atoms with Crippen molar-refractivity contribution in [3.05, 3.63) is 30.1 Å². The molecule has 0 saturated heterocycles. The number of carbonyl (C=O) groups is 1. The summed E-state index contributed by atoms with van der Waals surface area (Å²) in [6.45, 7) is 2.90. The van der Waals surface area contributed by atoms with Gasteiger partial charge in [0.2, 0.25) is 0 Å². The van der Waals surface area contributed by atoms with Crippen LogP contribution >= 0.6 is 0 Å². The SMILES string of the molecule is CCCCC(Nc1nc(CCN(C)C)nc2ccccc12)C(=O)O. The number of para-hydroxylation sites is 1. The number of unbranched alkanes of at least 4 members (excludes halogenated alkanes) is 1. The van der Waals surface area contributed by atoms with Gasteiger partial charge in [-0.05, 0) is 32.6 Å². The number of hydrogen-bond donors (Lipinski definition) is 2. The molecule has 1 aromatic carbocycles. The molecule has 1 atom stereocenters. The first-order chi connectivity index (χ1) is 11.5. The highest BCUT2D eigenvalue weighted by Gasteiger charge is 2.19. The average molecular weight is 330 g/mol. The molecule has 0 amide bonds. The third-order valence-electron chi connectivity index (χ3n) is 3.89. The van der Waals surface area contributed by atoms with Crippen LogP contribution in [0.3, 0.4) is 0 Å². The van der Waals surface area contributed by atoms with E-state index < -0.39 is 12.0 Å². The number of fused-ring (bicyclic) bond motifs is 1. The maximum atomic E-state index is 11.5. The summed E-state index contributed by atoms with van der Waals surface area (Å²) in [5.41, 5.74) is 0.836. The van der Waals surface area contributed by atoms with E-state index >= 15 is 0 Å². The highest BCUT2D eigenvalue weighted by atomic mass is 16.4. The van der Waals surface area contributed by atoms with Crippen LogP contribution in [-0.2, 0) is 11.2 Å². The molecule has 1 heterocycles. The van der Waals surface area contributed by atoms with Crippen LogP contribution in [0.4, 0.5) is 5.82 Å². The number of carboxylic acid groups (broad SMARTS) is 1. The lowest BCUT2D eigenvalue weighted by molar-refractivity contribution is -0.138. The van der Waals surface area contributed by atoms with Gasteiger partial charge in [-0.3, -0.25) is 0 Å². The van der Waals surface area contributed by atoms with Gasteiger partial charge in [0.15, 0.2) is 0 Å². The summed E-state index contributed by atoms with van der Waals surface area (Å²) in [4.78, 5) is 22.8. The third kappa shape index (κ3) is 4.89. The molecule has 2 N–H and O–H groups in total. The van der Waals surface area contributed by atoms with Gasteiger partial charge in [-0.25, -0.2) is 14.8 Å². The normalized spacial score (nSPS) is 12.5. The second-order valence-corrected chi connectivity index (χ2v) is 6.24. The van der Waals surface area contributed by atoms with E-state index in [1.807, 2.05) is 38.4 Å². The predicted octanol–water partition coefficient (Wildman–Crippen LogP) is 2.79. The molecule has 24 heavy (non-hydrogen) atoms. The Hall–Kier alpha value is -2.21. The van der Waals surface area contributed by atoms with Crippen LogP contribution in [0.25, 0.3) is 10.9 Å². The zero-order valence-electron chi connectivity index (χ0n) is 14.6. The molecule has 0 spiro atoms. The second-order valence-electron chi connectivity index (χ2n) is 6.24. The summed E-state index contributed by atoms with van der Waals surface area (Å²) in [6, 6.07) is 7.07. The van der Waals surface area contributed by atoms with E-state index in [1.165, 1.54) is 0 Å². The quantitative estimate of drug-likeness (QED) is 0.736. The average Bonchev–Trinajstić information content (AvgIpc) is 2.56. The number of nitrogens with one attached hydrogen (secondary N) is 1. The van der Waals surface area contributed by atoms with Crippen molar-refractivity contribution in [2.24, 2.45) is 0 Å². The fourth-order valence-corrected chi connectivity index (χ4v) is 2.50. The number of nitrogens with zero attached hydrogens (tertiary/aromatic N) is 3. The van der Waals surface area contributed by atoms with Gasteiger partial charge >= 0.3 is 5.97 Å². The Morgan fingerprint density at radius 2 is 2.04 bits per heavy atom. The van der Waals surface area contributed by atoms with Gasteiger partial charge in [0, 0.05) is 18.4 Å². The van der Waals surface area contributed by atoms with E-state index in [9.17, 15) is 9.90 Å². The second kappa shape index (κ2) is 8.59. The predicted molar refractivity (Wildman–Crippen MR) is 96.4 cm³/mol. The number of carboxylic acids is 1. The number of rotatable bonds is 9. The molecule has 0 aliphatic heterocycles. The van der Waals surface area contributed by atoms with Gasteiger partial charge in [-0.2, -0.15) is 0 Å². The van der Waals surface area contributed by atoms with Crippen molar-refractivity contribution in [1.82, 2.24) is 14.9 Å². The van der Waals surface area contributed by atoms with E-state index in [4.69, 9.17) is 0 Å². The minimum atomic E-state index is -0.846. The monoisotopic (exact) mass is 330 g/mol. The smallest absolute Gasteiger partial charge is 0.326 e. The largest absolute Gasteiger partial charge is 0.480 e. The molecule has 0 aliphatic carbocycles. The lowest BCUT2D eigenvalue weighted by Crippen LogP contribution is -2.30. The van der Waals surface area contributed by atoms with E-state index in [2.05, 4.69) is 27.1 Å². The van der Waals surface area contributed by atoms with Crippen molar-refractivity contribution >= 4 is 22.7 Å². The maximum absolute atomic E-state index is 11.5. The van der Waals surface area contributed by atoms with E-state index in [-0.39, 0.29) is 0 Å². The summed E-state index contributed by atoms with van der Waals surface area (Å²) >= 11 is 0. The Balaban J connectivity index is 2.33. The summed E-state index contributed by atoms with van der Waals surface area (Å²) < 4.78 is 0. The summed E-state index contributed by atoms with van der Waals surface area (Å²) in [7, 11) is 4.01. The van der Waals surface area contributed by atoms with Gasteiger partial charge in [0.25, 0.3) is 0 Å². The molecule has 6 heteroatoms. The molecule has 1 unspecified atom stereocenters. The van der Waals surface area contributed by atoms with E-state index in [0.29, 0.717) is 12.2 Å². The van der Waals surface area contributed by atoms with Crippen molar-refractivity contribution in [3.8, 4) is 0 Å². The Bertz CT molecular complexity index is 688. The van der Waals surface area contributed by atoms with Crippen molar-refractivity contribution < 1.29 is 9.90 Å². The topological polar surface area (TPSA) is 78.4 Å². The van der Waals surface area contributed by atoms with Crippen LogP contribution in [-0.4, -0.2) is 52.6 Å².